The van der Waals surface area contributed by atoms with Crippen molar-refractivity contribution < 1.29 is 0 Å². The van der Waals surface area contributed by atoms with Crippen molar-refractivity contribution in [3.05, 3.63) is 186 Å². The van der Waals surface area contributed by atoms with Gasteiger partial charge in [-0.1, -0.05) is 156 Å². The van der Waals surface area contributed by atoms with Crippen LogP contribution in [0.3, 0.4) is 0 Å². The maximum Gasteiger partial charge on any atom is 0.164 e. The Morgan fingerprint density at radius 3 is 2.10 bits per heavy atom. The lowest BCUT2D eigenvalue weighted by Crippen LogP contribution is -2.15. The first-order valence-electron chi connectivity index (χ1n) is 19.9. The molecule has 7 heteroatoms. The fourth-order valence-corrected chi connectivity index (χ4v) is 9.20. The first kappa shape index (κ1) is 39.1. The maximum atomic E-state index is 5.08. The Morgan fingerprint density at radius 2 is 1.44 bits per heavy atom. The molecule has 1 radical (unpaired) electrons. The van der Waals surface area contributed by atoms with E-state index in [9.17, 15) is 0 Å². The Bertz CT molecular complexity index is 2900. The molecule has 0 saturated carbocycles. The van der Waals surface area contributed by atoms with Gasteiger partial charge in [0.25, 0.3) is 0 Å². The topological polar surface area (TPSA) is 56.5 Å². The van der Waals surface area contributed by atoms with Gasteiger partial charge in [-0.3, -0.25) is 0 Å². The molecule has 3 heterocycles. The third-order valence-electron chi connectivity index (χ3n) is 11.0. The molecule has 0 N–H and O–H groups in total. The minimum atomic E-state index is -0.237. The Morgan fingerprint density at radius 1 is 0.746 bits per heavy atom. The molecule has 0 fully saturated rings. The summed E-state index contributed by atoms with van der Waals surface area (Å²) in [5.41, 5.74) is 14.5. The lowest BCUT2D eigenvalue weighted by molar-refractivity contribution is 0.660. The molecule has 5 nitrogen and oxygen atoms in total. The molecule has 0 amide bonds. The van der Waals surface area contributed by atoms with Crippen LogP contribution in [-0.4, -0.2) is 31.8 Å². The summed E-state index contributed by atoms with van der Waals surface area (Å²) in [6, 6.07) is 31.7. The first-order valence-corrected chi connectivity index (χ1v) is 20.7. The largest absolute Gasteiger partial charge is 0.309 e. The van der Waals surface area contributed by atoms with Crippen molar-refractivity contribution in [2.75, 3.05) is 0 Å². The third-order valence-corrected chi connectivity index (χ3v) is 12.1. The zero-order chi connectivity index (χ0) is 41.3. The van der Waals surface area contributed by atoms with Crippen LogP contribution in [0.15, 0.2) is 141 Å². The Labute approximate surface area is 352 Å². The van der Waals surface area contributed by atoms with Crippen LogP contribution in [0, 0.1) is 0 Å². The second-order valence-corrected chi connectivity index (χ2v) is 15.8. The number of nitrogens with zero attached hydrogens (tertiary/aromatic N) is 5. The molecule has 1 aliphatic rings. The van der Waals surface area contributed by atoms with Crippen molar-refractivity contribution in [2.24, 2.45) is 0 Å². The van der Waals surface area contributed by atoms with Crippen LogP contribution >= 0.6 is 11.3 Å². The number of thiazole rings is 1. The fraction of sp³-hybridized carbons (Fsp3) is 0.115. The van der Waals surface area contributed by atoms with Crippen molar-refractivity contribution >= 4 is 64.2 Å². The van der Waals surface area contributed by atoms with E-state index in [1.54, 1.807) is 17.4 Å². The predicted molar refractivity (Wildman–Crippen MR) is 255 cm³/mol. The molecule has 7 aromatic rings. The zero-order valence-corrected chi connectivity index (χ0v) is 35.0. The van der Waals surface area contributed by atoms with Gasteiger partial charge < -0.3 is 4.57 Å². The molecule has 0 atom stereocenters. The summed E-state index contributed by atoms with van der Waals surface area (Å²) in [7, 11) is 2.05. The lowest BCUT2D eigenvalue weighted by Gasteiger charge is -2.22. The van der Waals surface area contributed by atoms with Crippen LogP contribution in [0.5, 0.6) is 0 Å². The van der Waals surface area contributed by atoms with E-state index in [0.29, 0.717) is 17.5 Å². The Kier molecular flexibility index (Phi) is 10.8. The Hall–Kier alpha value is -6.70. The molecule has 59 heavy (non-hydrogen) atoms. The number of aromatic nitrogens is 5. The molecule has 0 spiro atoms. The number of fused-ring (bicyclic) bond motifs is 5. The molecule has 3 aromatic heterocycles. The third kappa shape index (κ3) is 6.91. The minimum absolute atomic E-state index is 0.237. The van der Waals surface area contributed by atoms with E-state index in [1.807, 2.05) is 94.7 Å². The molecule has 1 aliphatic carbocycles. The summed E-state index contributed by atoms with van der Waals surface area (Å²) >= 11 is 1.77. The number of benzene rings is 4. The molecule has 287 valence electrons. The summed E-state index contributed by atoms with van der Waals surface area (Å²) in [6.07, 6.45) is 17.9. The summed E-state index contributed by atoms with van der Waals surface area (Å²) in [4.78, 5) is 20.1. The van der Waals surface area contributed by atoms with Crippen LogP contribution in [0.2, 0.25) is 6.82 Å². The van der Waals surface area contributed by atoms with Gasteiger partial charge in [-0.25, -0.2) is 19.9 Å². The van der Waals surface area contributed by atoms with E-state index in [-0.39, 0.29) is 5.41 Å². The molecule has 0 unspecified atom stereocenters. The van der Waals surface area contributed by atoms with Gasteiger partial charge in [0, 0.05) is 44.5 Å². The van der Waals surface area contributed by atoms with E-state index in [0.717, 1.165) is 60.9 Å². The molecule has 8 rings (SSSR count). The van der Waals surface area contributed by atoms with Gasteiger partial charge in [0.1, 0.15) is 5.01 Å². The van der Waals surface area contributed by atoms with Crippen LogP contribution in [0.1, 0.15) is 73.0 Å². The Balaban J connectivity index is 1.30. The van der Waals surface area contributed by atoms with E-state index in [2.05, 4.69) is 111 Å². The molecular formula is C52H45BN5S. The molecule has 0 aliphatic heterocycles. The number of hydrogen-bond acceptors (Lipinski definition) is 5. The second-order valence-electron chi connectivity index (χ2n) is 14.8. The fourth-order valence-electron chi connectivity index (χ4n) is 8.07. The summed E-state index contributed by atoms with van der Waals surface area (Å²) < 4.78 is 3.49. The van der Waals surface area contributed by atoms with Crippen LogP contribution in [0.4, 0.5) is 0 Å². The van der Waals surface area contributed by atoms with E-state index < -0.39 is 0 Å². The number of rotatable bonds is 12. The zero-order valence-electron chi connectivity index (χ0n) is 34.2. The SMILES string of the molecule is C=C/C(=C\C=C/C)c1nc(/C([B]C)=C/c2c(/C=C\C)c(C=C)n(-c3ccc4c(c3)C(C)(C)c3ccc5nc(-c6ccccc6)sc5c3-4)c2C=C)nc(-c2ccccc2)n1. The van der Waals surface area contributed by atoms with Gasteiger partial charge in [0.15, 0.2) is 24.8 Å². The first-order chi connectivity index (χ1) is 28.8. The van der Waals surface area contributed by atoms with E-state index in [4.69, 9.17) is 19.9 Å². The maximum absolute atomic E-state index is 5.08. The predicted octanol–water partition coefficient (Wildman–Crippen LogP) is 13.6. The highest BCUT2D eigenvalue weighted by Gasteiger charge is 2.38. The molecule has 0 saturated heterocycles. The summed E-state index contributed by atoms with van der Waals surface area (Å²) in [5.74, 6) is 1.69. The highest BCUT2D eigenvalue weighted by Crippen LogP contribution is 2.53. The monoisotopic (exact) mass is 782 g/mol. The lowest BCUT2D eigenvalue weighted by atomic mass is 9.71. The second kappa shape index (κ2) is 16.3. The average Bonchev–Trinajstić information content (AvgIpc) is 3.91. The highest BCUT2D eigenvalue weighted by atomic mass is 32.1. The van der Waals surface area contributed by atoms with Crippen molar-refractivity contribution in [1.29, 1.82) is 0 Å². The van der Waals surface area contributed by atoms with E-state index >= 15 is 0 Å². The highest BCUT2D eigenvalue weighted by molar-refractivity contribution is 7.22. The van der Waals surface area contributed by atoms with Crippen molar-refractivity contribution in [1.82, 2.24) is 24.5 Å². The molecule has 0 bridgehead atoms. The summed E-state index contributed by atoms with van der Waals surface area (Å²) in [5, 5.41) is 1.03. The standard InChI is InChI=1S/C52H45BN5S/c1-9-14-22-33(11-3)48-55-49(34-23-17-15-18-24-34)57-50(56-48)42(53-8)32-39-37(21-10-2)44(12-4)58(45(39)13-5)36-27-28-38-41(31-36)52(6,7)40-29-30-43-47(46(38)40)59-51(54-43)35-25-19-16-20-26-35/h9-32H,3-5H2,1-2,6-8H3/b14-9-,21-10-,33-22+,42-32-. The van der Waals surface area contributed by atoms with Gasteiger partial charge in [0.05, 0.1) is 21.6 Å². The van der Waals surface area contributed by atoms with E-state index in [1.165, 1.54) is 27.0 Å². The van der Waals surface area contributed by atoms with Gasteiger partial charge in [0.2, 0.25) is 0 Å². The molecular weight excluding hydrogens is 737 g/mol. The van der Waals surface area contributed by atoms with Gasteiger partial charge >= 0.3 is 0 Å². The smallest absolute Gasteiger partial charge is 0.164 e. The average molecular weight is 783 g/mol. The minimum Gasteiger partial charge on any atom is -0.309 e. The number of allylic oxidation sites excluding steroid dienone is 6. The van der Waals surface area contributed by atoms with Crippen molar-refractivity contribution in [3.63, 3.8) is 0 Å². The normalized spacial score (nSPS) is 13.6. The van der Waals surface area contributed by atoms with Crippen molar-refractivity contribution in [3.8, 4) is 38.8 Å². The van der Waals surface area contributed by atoms with Gasteiger partial charge in [-0.2, -0.15) is 0 Å². The number of hydrogen-bond donors (Lipinski definition) is 0. The van der Waals surface area contributed by atoms with Crippen molar-refractivity contribution in [2.45, 2.75) is 39.9 Å². The quantitative estimate of drug-likeness (QED) is 0.0915. The van der Waals surface area contributed by atoms with Gasteiger partial charge in [-0.05, 0) is 66.4 Å². The van der Waals surface area contributed by atoms with Gasteiger partial charge in [-0.15, -0.1) is 11.3 Å². The van der Waals surface area contributed by atoms with Crippen LogP contribution in [-0.2, 0) is 5.41 Å². The van der Waals surface area contributed by atoms with Crippen LogP contribution < -0.4 is 0 Å². The van der Waals surface area contributed by atoms with Crippen LogP contribution in [0.25, 0.3) is 84.3 Å². The molecule has 4 aromatic carbocycles. The summed E-state index contributed by atoms with van der Waals surface area (Å²) in [6.45, 7) is 23.4.